The van der Waals surface area contributed by atoms with Crippen LogP contribution >= 0.6 is 0 Å². The molecule has 6 nitrogen and oxygen atoms in total. The average Bonchev–Trinajstić information content (AvgIpc) is 3.27. The fourth-order valence-electron chi connectivity index (χ4n) is 4.05. The standard InChI is InChI=1S/C20H30N4O2/c1-13-8-14-9-18(25-3)15(10-19(14)26-13)11-22-20(21-2)23-16-6-7-24(12-16)17-4-5-17/h9-10,13,16-17H,4-8,11-12H2,1-3H3,(H2,21,22,23). The number of guanidine groups is 1. The fraction of sp³-hybridized carbons (Fsp3) is 0.650. The molecule has 2 fully saturated rings. The normalized spacial score (nSPS) is 25.7. The van der Waals surface area contributed by atoms with Gasteiger partial charge in [0.1, 0.15) is 17.6 Å². The second kappa shape index (κ2) is 7.35. The molecule has 1 saturated carbocycles. The molecule has 2 aliphatic heterocycles. The molecule has 2 unspecified atom stereocenters. The third-order valence-corrected chi connectivity index (χ3v) is 5.59. The first-order chi connectivity index (χ1) is 12.7. The fourth-order valence-corrected chi connectivity index (χ4v) is 4.05. The van der Waals surface area contributed by atoms with Gasteiger partial charge in [-0.2, -0.15) is 0 Å². The van der Waals surface area contributed by atoms with Crippen molar-refractivity contribution in [3.05, 3.63) is 23.3 Å². The number of nitrogens with zero attached hydrogens (tertiary/aromatic N) is 2. The highest BCUT2D eigenvalue weighted by Gasteiger charge is 2.34. The van der Waals surface area contributed by atoms with E-state index in [-0.39, 0.29) is 6.10 Å². The van der Waals surface area contributed by atoms with Gasteiger partial charge in [0.2, 0.25) is 0 Å². The molecule has 0 aromatic heterocycles. The van der Waals surface area contributed by atoms with Gasteiger partial charge in [0.15, 0.2) is 5.96 Å². The predicted molar refractivity (Wildman–Crippen MR) is 103 cm³/mol. The van der Waals surface area contributed by atoms with Gasteiger partial charge in [-0.25, -0.2) is 0 Å². The van der Waals surface area contributed by atoms with Crippen LogP contribution in [0.15, 0.2) is 17.1 Å². The number of fused-ring (bicyclic) bond motifs is 1. The summed E-state index contributed by atoms with van der Waals surface area (Å²) >= 11 is 0. The lowest BCUT2D eigenvalue weighted by molar-refractivity contribution is 0.254. The van der Waals surface area contributed by atoms with Gasteiger partial charge in [0, 0.05) is 56.3 Å². The summed E-state index contributed by atoms with van der Waals surface area (Å²) in [7, 11) is 3.55. The van der Waals surface area contributed by atoms with Gasteiger partial charge in [-0.1, -0.05) is 0 Å². The number of methoxy groups -OCH3 is 1. The molecular formula is C20H30N4O2. The maximum atomic E-state index is 5.89. The lowest BCUT2D eigenvalue weighted by Crippen LogP contribution is -2.44. The second-order valence-electron chi connectivity index (χ2n) is 7.69. The summed E-state index contributed by atoms with van der Waals surface area (Å²) in [6.07, 6.45) is 5.12. The van der Waals surface area contributed by atoms with E-state index in [1.807, 2.05) is 7.05 Å². The topological polar surface area (TPSA) is 58.1 Å². The molecule has 2 N–H and O–H groups in total. The minimum atomic E-state index is 0.240. The Hall–Kier alpha value is -1.95. The van der Waals surface area contributed by atoms with Gasteiger partial charge < -0.3 is 20.1 Å². The van der Waals surface area contributed by atoms with Crippen LogP contribution in [0.4, 0.5) is 0 Å². The zero-order valence-corrected chi connectivity index (χ0v) is 16.0. The number of benzene rings is 1. The molecule has 26 heavy (non-hydrogen) atoms. The van der Waals surface area contributed by atoms with E-state index in [4.69, 9.17) is 9.47 Å². The van der Waals surface area contributed by atoms with E-state index in [2.05, 4.69) is 39.6 Å². The van der Waals surface area contributed by atoms with Crippen molar-refractivity contribution in [2.45, 2.75) is 57.3 Å². The van der Waals surface area contributed by atoms with Crippen molar-refractivity contribution in [1.29, 1.82) is 0 Å². The lowest BCUT2D eigenvalue weighted by Gasteiger charge is -2.19. The second-order valence-corrected chi connectivity index (χ2v) is 7.69. The van der Waals surface area contributed by atoms with Gasteiger partial charge in [0.05, 0.1) is 7.11 Å². The largest absolute Gasteiger partial charge is 0.496 e. The molecule has 0 radical (unpaired) electrons. The van der Waals surface area contributed by atoms with Crippen LogP contribution in [0.2, 0.25) is 0 Å². The van der Waals surface area contributed by atoms with E-state index in [0.29, 0.717) is 12.6 Å². The van der Waals surface area contributed by atoms with Gasteiger partial charge in [-0.3, -0.25) is 9.89 Å². The number of rotatable bonds is 5. The molecule has 0 bridgehead atoms. The molecule has 2 heterocycles. The first kappa shape index (κ1) is 17.5. The van der Waals surface area contributed by atoms with Crippen molar-refractivity contribution in [1.82, 2.24) is 15.5 Å². The van der Waals surface area contributed by atoms with Gasteiger partial charge in [-0.15, -0.1) is 0 Å². The quantitative estimate of drug-likeness (QED) is 0.622. The first-order valence-corrected chi connectivity index (χ1v) is 9.74. The number of likely N-dealkylation sites (tertiary alicyclic amines) is 1. The Bertz CT molecular complexity index is 687. The van der Waals surface area contributed by atoms with Gasteiger partial charge in [0.25, 0.3) is 0 Å². The molecular weight excluding hydrogens is 328 g/mol. The SMILES string of the molecule is CN=C(NCc1cc2c(cc1OC)CC(C)O2)NC1CCN(C2CC2)C1. The molecule has 1 saturated heterocycles. The zero-order chi connectivity index (χ0) is 18.1. The van der Waals surface area contributed by atoms with Crippen LogP contribution in [-0.2, 0) is 13.0 Å². The first-order valence-electron chi connectivity index (χ1n) is 9.74. The van der Waals surface area contributed by atoms with Crippen LogP contribution in [0.3, 0.4) is 0 Å². The van der Waals surface area contributed by atoms with Crippen LogP contribution in [0.1, 0.15) is 37.3 Å². The summed E-state index contributed by atoms with van der Waals surface area (Å²) in [6.45, 7) is 5.09. The number of ether oxygens (including phenoxy) is 2. The van der Waals surface area contributed by atoms with E-state index in [1.165, 1.54) is 31.4 Å². The third-order valence-electron chi connectivity index (χ3n) is 5.59. The Kier molecular flexibility index (Phi) is 4.94. The third kappa shape index (κ3) is 3.75. The molecule has 1 aromatic carbocycles. The van der Waals surface area contributed by atoms with Gasteiger partial charge >= 0.3 is 0 Å². The van der Waals surface area contributed by atoms with Crippen molar-refractivity contribution in [2.24, 2.45) is 4.99 Å². The molecule has 6 heteroatoms. The summed E-state index contributed by atoms with van der Waals surface area (Å²) in [5.74, 6) is 2.74. The molecule has 4 rings (SSSR count). The Balaban J connectivity index is 1.36. The Morgan fingerprint density at radius 2 is 2.19 bits per heavy atom. The number of aliphatic imine (C=N–C) groups is 1. The van der Waals surface area contributed by atoms with E-state index in [1.54, 1.807) is 7.11 Å². The van der Waals surface area contributed by atoms with Crippen LogP contribution in [0, 0.1) is 0 Å². The monoisotopic (exact) mass is 358 g/mol. The summed E-state index contributed by atoms with van der Waals surface area (Å²) in [6, 6.07) is 5.53. The maximum Gasteiger partial charge on any atom is 0.191 e. The van der Waals surface area contributed by atoms with Gasteiger partial charge in [-0.05, 0) is 38.3 Å². The molecule has 1 aliphatic carbocycles. The molecule has 0 spiro atoms. The number of hydrogen-bond donors (Lipinski definition) is 2. The van der Waals surface area contributed by atoms with Crippen molar-refractivity contribution < 1.29 is 9.47 Å². The minimum absolute atomic E-state index is 0.240. The smallest absolute Gasteiger partial charge is 0.191 e. The average molecular weight is 358 g/mol. The summed E-state index contributed by atoms with van der Waals surface area (Å²) in [5.41, 5.74) is 2.32. The van der Waals surface area contributed by atoms with E-state index < -0.39 is 0 Å². The summed E-state index contributed by atoms with van der Waals surface area (Å²) < 4.78 is 11.5. The van der Waals surface area contributed by atoms with Crippen LogP contribution < -0.4 is 20.1 Å². The summed E-state index contributed by atoms with van der Waals surface area (Å²) in [4.78, 5) is 7.00. The Morgan fingerprint density at radius 1 is 1.35 bits per heavy atom. The van der Waals surface area contributed by atoms with Crippen LogP contribution in [0.5, 0.6) is 11.5 Å². The molecule has 1 aromatic rings. The Morgan fingerprint density at radius 3 is 2.92 bits per heavy atom. The molecule has 142 valence electrons. The predicted octanol–water partition coefficient (Wildman–Crippen LogP) is 1.92. The van der Waals surface area contributed by atoms with Crippen LogP contribution in [-0.4, -0.2) is 56.3 Å². The number of nitrogens with one attached hydrogen (secondary N) is 2. The lowest BCUT2D eigenvalue weighted by atomic mass is 10.1. The van der Waals surface area contributed by atoms with Crippen molar-refractivity contribution in [3.8, 4) is 11.5 Å². The minimum Gasteiger partial charge on any atom is -0.496 e. The number of hydrogen-bond acceptors (Lipinski definition) is 4. The highest BCUT2D eigenvalue weighted by atomic mass is 16.5. The van der Waals surface area contributed by atoms with Crippen LogP contribution in [0.25, 0.3) is 0 Å². The maximum absolute atomic E-state index is 5.89. The van der Waals surface area contributed by atoms with E-state index in [9.17, 15) is 0 Å². The zero-order valence-electron chi connectivity index (χ0n) is 16.0. The molecule has 3 aliphatic rings. The van der Waals surface area contributed by atoms with Crippen molar-refractivity contribution in [3.63, 3.8) is 0 Å². The van der Waals surface area contributed by atoms with E-state index in [0.717, 1.165) is 42.0 Å². The molecule has 0 amide bonds. The Labute approximate surface area is 156 Å². The van der Waals surface area contributed by atoms with Crippen molar-refractivity contribution in [2.75, 3.05) is 27.2 Å². The summed E-state index contributed by atoms with van der Waals surface area (Å²) in [5, 5.41) is 7.00. The van der Waals surface area contributed by atoms with Crippen molar-refractivity contribution >= 4 is 5.96 Å². The molecule has 2 atom stereocenters. The highest BCUT2D eigenvalue weighted by molar-refractivity contribution is 5.80. The van der Waals surface area contributed by atoms with E-state index >= 15 is 0 Å². The highest BCUT2D eigenvalue weighted by Crippen LogP contribution is 2.35.